The molecule has 0 saturated heterocycles. The minimum atomic E-state index is -0.194. The van der Waals surface area contributed by atoms with Crippen molar-refractivity contribution < 1.29 is 9.90 Å². The Balaban J connectivity index is 2.47. The molecule has 0 fully saturated rings. The third-order valence-corrected chi connectivity index (χ3v) is 2.56. The van der Waals surface area contributed by atoms with Crippen molar-refractivity contribution >= 4 is 18.1 Å². The van der Waals surface area contributed by atoms with E-state index in [2.05, 4.69) is 15.5 Å². The number of hydrogen-bond donors (Lipinski definition) is 3. The highest BCUT2D eigenvalue weighted by atomic mass is 32.1. The average molecular weight is 258 g/mol. The van der Waals surface area contributed by atoms with E-state index in [1.54, 1.807) is 4.57 Å². The second kappa shape index (κ2) is 6.51. The molecule has 0 atom stereocenters. The smallest absolute Gasteiger partial charge is 0.221 e. The summed E-state index contributed by atoms with van der Waals surface area (Å²) in [5, 5.41) is 18.3. The molecule has 1 aromatic rings. The summed E-state index contributed by atoms with van der Waals surface area (Å²) in [5.74, 6) is 0.861. The van der Waals surface area contributed by atoms with Gasteiger partial charge in [-0.3, -0.25) is 9.89 Å². The molecule has 7 heteroatoms. The van der Waals surface area contributed by atoms with E-state index in [1.165, 1.54) is 0 Å². The van der Waals surface area contributed by atoms with E-state index in [0.29, 0.717) is 36.0 Å². The number of nitrogens with zero attached hydrogens (tertiary/aromatic N) is 2. The van der Waals surface area contributed by atoms with Crippen LogP contribution in [0.5, 0.6) is 0 Å². The summed E-state index contributed by atoms with van der Waals surface area (Å²) < 4.78 is 2.05. The van der Waals surface area contributed by atoms with E-state index in [-0.39, 0.29) is 12.5 Å². The number of amides is 1. The standard InChI is InChI=1S/C10H18N4O2S/c1-7(2)5-11-9(16)3-4-14-8(6-15)12-13-10(14)17/h7,15H,3-6H2,1-2H3,(H,11,16)(H,13,17). The molecule has 1 heterocycles. The summed E-state index contributed by atoms with van der Waals surface area (Å²) in [6, 6.07) is 0. The summed E-state index contributed by atoms with van der Waals surface area (Å²) in [4.78, 5) is 11.5. The first kappa shape index (κ1) is 13.9. The third kappa shape index (κ3) is 4.27. The summed E-state index contributed by atoms with van der Waals surface area (Å²) in [6.45, 7) is 4.98. The number of H-pyrrole nitrogens is 1. The Morgan fingerprint density at radius 1 is 1.65 bits per heavy atom. The van der Waals surface area contributed by atoms with Crippen molar-refractivity contribution in [3.63, 3.8) is 0 Å². The van der Waals surface area contributed by atoms with Crippen molar-refractivity contribution in [2.75, 3.05) is 6.54 Å². The number of carbonyl (C=O) groups is 1. The molecule has 0 aliphatic heterocycles. The second-order valence-corrected chi connectivity index (χ2v) is 4.59. The first-order valence-corrected chi connectivity index (χ1v) is 5.97. The van der Waals surface area contributed by atoms with Gasteiger partial charge in [0.25, 0.3) is 0 Å². The molecule has 1 amide bonds. The third-order valence-electron chi connectivity index (χ3n) is 2.25. The zero-order valence-electron chi connectivity index (χ0n) is 10.1. The summed E-state index contributed by atoms with van der Waals surface area (Å²) in [5.41, 5.74) is 0. The number of aromatic amines is 1. The minimum absolute atomic E-state index is 0.0225. The van der Waals surface area contributed by atoms with Gasteiger partial charge >= 0.3 is 0 Å². The molecular formula is C10H18N4O2S. The zero-order chi connectivity index (χ0) is 12.8. The van der Waals surface area contributed by atoms with Crippen molar-refractivity contribution in [3.05, 3.63) is 10.6 Å². The van der Waals surface area contributed by atoms with Crippen LogP contribution < -0.4 is 5.32 Å². The number of hydrogen-bond acceptors (Lipinski definition) is 4. The predicted octanol–water partition coefficient (Wildman–Crippen LogP) is 0.595. The van der Waals surface area contributed by atoms with Crippen molar-refractivity contribution in [2.24, 2.45) is 5.92 Å². The van der Waals surface area contributed by atoms with E-state index in [9.17, 15) is 4.79 Å². The van der Waals surface area contributed by atoms with Crippen molar-refractivity contribution in [1.29, 1.82) is 0 Å². The van der Waals surface area contributed by atoms with Gasteiger partial charge in [-0.15, -0.1) is 0 Å². The Kier molecular flexibility index (Phi) is 5.30. The van der Waals surface area contributed by atoms with Crippen LogP contribution in [0.4, 0.5) is 0 Å². The molecule has 0 aliphatic rings. The number of aliphatic hydroxyl groups excluding tert-OH is 1. The van der Waals surface area contributed by atoms with E-state index in [1.807, 2.05) is 13.8 Å². The number of aromatic nitrogens is 3. The molecule has 17 heavy (non-hydrogen) atoms. The van der Waals surface area contributed by atoms with Crippen LogP contribution in [-0.2, 0) is 17.9 Å². The summed E-state index contributed by atoms with van der Waals surface area (Å²) >= 11 is 5.00. The van der Waals surface area contributed by atoms with Crippen molar-refractivity contribution in [1.82, 2.24) is 20.1 Å². The molecule has 6 nitrogen and oxygen atoms in total. The van der Waals surface area contributed by atoms with E-state index in [4.69, 9.17) is 17.3 Å². The first-order chi connectivity index (χ1) is 8.04. The monoisotopic (exact) mass is 258 g/mol. The minimum Gasteiger partial charge on any atom is -0.388 e. The molecule has 0 bridgehead atoms. The van der Waals surface area contributed by atoms with Crippen molar-refractivity contribution in [3.8, 4) is 0 Å². The van der Waals surface area contributed by atoms with Gasteiger partial charge in [0, 0.05) is 19.5 Å². The lowest BCUT2D eigenvalue weighted by molar-refractivity contribution is -0.121. The molecule has 96 valence electrons. The fraction of sp³-hybridized carbons (Fsp3) is 0.700. The van der Waals surface area contributed by atoms with E-state index < -0.39 is 0 Å². The quantitative estimate of drug-likeness (QED) is 0.652. The van der Waals surface area contributed by atoms with Crippen LogP contribution in [0.25, 0.3) is 0 Å². The van der Waals surface area contributed by atoms with Crippen LogP contribution in [0, 0.1) is 10.7 Å². The van der Waals surface area contributed by atoms with E-state index >= 15 is 0 Å². The molecule has 0 spiro atoms. The summed E-state index contributed by atoms with van der Waals surface area (Å²) in [7, 11) is 0. The fourth-order valence-corrected chi connectivity index (χ4v) is 1.56. The van der Waals surface area contributed by atoms with Crippen molar-refractivity contribution in [2.45, 2.75) is 33.4 Å². The van der Waals surface area contributed by atoms with Crippen LogP contribution in [0.15, 0.2) is 0 Å². The highest BCUT2D eigenvalue weighted by molar-refractivity contribution is 7.71. The lowest BCUT2D eigenvalue weighted by Gasteiger charge is -2.08. The Morgan fingerprint density at radius 2 is 2.35 bits per heavy atom. The molecular weight excluding hydrogens is 240 g/mol. The fourth-order valence-electron chi connectivity index (χ4n) is 1.32. The van der Waals surface area contributed by atoms with Gasteiger partial charge in [-0.05, 0) is 18.1 Å². The lowest BCUT2D eigenvalue weighted by Crippen LogP contribution is -2.28. The second-order valence-electron chi connectivity index (χ2n) is 4.20. The Hall–Kier alpha value is -1.21. The van der Waals surface area contributed by atoms with Crippen LogP contribution in [0.2, 0.25) is 0 Å². The van der Waals surface area contributed by atoms with Gasteiger partial charge in [-0.1, -0.05) is 13.8 Å². The topological polar surface area (TPSA) is 82.9 Å². The predicted molar refractivity (Wildman–Crippen MR) is 65.8 cm³/mol. The Morgan fingerprint density at radius 3 is 2.94 bits per heavy atom. The molecule has 0 saturated carbocycles. The van der Waals surface area contributed by atoms with Gasteiger partial charge in [0.15, 0.2) is 10.6 Å². The van der Waals surface area contributed by atoms with Gasteiger partial charge in [0.1, 0.15) is 6.61 Å². The lowest BCUT2D eigenvalue weighted by atomic mass is 10.2. The van der Waals surface area contributed by atoms with Gasteiger partial charge in [-0.2, -0.15) is 5.10 Å². The molecule has 1 rings (SSSR count). The highest BCUT2D eigenvalue weighted by Gasteiger charge is 2.07. The highest BCUT2D eigenvalue weighted by Crippen LogP contribution is 2.00. The SMILES string of the molecule is CC(C)CNC(=O)CCn1c(CO)n[nH]c1=S. The van der Waals surface area contributed by atoms with E-state index in [0.717, 1.165) is 0 Å². The Labute approximate surface area is 105 Å². The first-order valence-electron chi connectivity index (χ1n) is 5.56. The number of rotatable bonds is 6. The zero-order valence-corrected chi connectivity index (χ0v) is 10.9. The van der Waals surface area contributed by atoms with Gasteiger partial charge in [0.2, 0.25) is 5.91 Å². The normalized spacial score (nSPS) is 10.8. The molecule has 0 aromatic carbocycles. The maximum Gasteiger partial charge on any atom is 0.221 e. The molecule has 0 aliphatic carbocycles. The van der Waals surface area contributed by atoms with Gasteiger partial charge < -0.3 is 15.0 Å². The van der Waals surface area contributed by atoms with Crippen LogP contribution in [-0.4, -0.2) is 32.3 Å². The molecule has 0 unspecified atom stereocenters. The van der Waals surface area contributed by atoms with Crippen LogP contribution in [0.3, 0.4) is 0 Å². The molecule has 3 N–H and O–H groups in total. The maximum absolute atomic E-state index is 11.5. The van der Waals surface area contributed by atoms with Gasteiger partial charge in [-0.25, -0.2) is 0 Å². The summed E-state index contributed by atoms with van der Waals surface area (Å²) in [6.07, 6.45) is 0.327. The van der Waals surface area contributed by atoms with Crippen LogP contribution in [0.1, 0.15) is 26.1 Å². The number of aliphatic hydroxyl groups is 1. The Bertz CT molecular complexity index is 424. The average Bonchev–Trinajstić information content (AvgIpc) is 2.64. The molecule has 0 radical (unpaired) electrons. The largest absolute Gasteiger partial charge is 0.388 e. The number of nitrogens with one attached hydrogen (secondary N) is 2. The molecule has 1 aromatic heterocycles. The van der Waals surface area contributed by atoms with Gasteiger partial charge in [0.05, 0.1) is 0 Å². The number of carbonyl (C=O) groups excluding carboxylic acids is 1. The van der Waals surface area contributed by atoms with Crippen LogP contribution >= 0.6 is 12.2 Å². The maximum atomic E-state index is 11.5.